The van der Waals surface area contributed by atoms with Crippen LogP contribution in [-0.2, 0) is 6.54 Å². The van der Waals surface area contributed by atoms with Gasteiger partial charge in [-0.2, -0.15) is 0 Å². The Kier molecular flexibility index (Phi) is 8.73. The van der Waals surface area contributed by atoms with Crippen molar-refractivity contribution in [3.05, 3.63) is 23.2 Å². The van der Waals surface area contributed by atoms with Crippen LogP contribution in [0.3, 0.4) is 0 Å². The molecule has 0 atom stereocenters. The molecule has 1 aromatic rings. The molecule has 0 amide bonds. The van der Waals surface area contributed by atoms with Gasteiger partial charge in [-0.3, -0.25) is 4.99 Å². The number of nitrogens with zero attached hydrogens (tertiary/aromatic N) is 2. The number of aliphatic imine (C=N–C) groups is 1. The first-order chi connectivity index (χ1) is 12.2. The van der Waals surface area contributed by atoms with E-state index in [0.717, 1.165) is 30.1 Å². The van der Waals surface area contributed by atoms with Gasteiger partial charge < -0.3 is 20.0 Å². The smallest absolute Gasteiger partial charge is 0.191 e. The summed E-state index contributed by atoms with van der Waals surface area (Å²) in [5, 5.41) is 7.03. The van der Waals surface area contributed by atoms with Crippen molar-refractivity contribution in [1.29, 1.82) is 0 Å². The Morgan fingerprint density at radius 3 is 2.42 bits per heavy atom. The van der Waals surface area contributed by atoms with Crippen LogP contribution in [0.25, 0.3) is 0 Å². The molecule has 0 spiro atoms. The number of likely N-dealkylation sites (tertiary alicyclic amines) is 1. The number of halogens is 1. The molecule has 0 bridgehead atoms. The third kappa shape index (κ3) is 5.87. The van der Waals surface area contributed by atoms with E-state index in [0.29, 0.717) is 6.04 Å². The maximum atomic E-state index is 5.59. The highest BCUT2D eigenvalue weighted by Gasteiger charge is 2.26. The van der Waals surface area contributed by atoms with Gasteiger partial charge in [-0.1, -0.05) is 19.3 Å². The molecule has 5 nitrogen and oxygen atoms in total. The van der Waals surface area contributed by atoms with E-state index < -0.39 is 0 Å². The Bertz CT molecular complexity index is 572. The molecule has 1 aromatic heterocycles. The SMILES string of the molecule is CN=C(NCc1cc(C)oc1C)NC1CCN(C2CCCCC2)CC1.I. The Morgan fingerprint density at radius 1 is 1.15 bits per heavy atom. The Labute approximate surface area is 175 Å². The lowest BCUT2D eigenvalue weighted by Crippen LogP contribution is -2.50. The number of aryl methyl sites for hydroxylation is 2. The molecule has 2 fully saturated rings. The van der Waals surface area contributed by atoms with Crippen LogP contribution >= 0.6 is 24.0 Å². The highest BCUT2D eigenvalue weighted by atomic mass is 127. The van der Waals surface area contributed by atoms with Crippen molar-refractivity contribution in [3.8, 4) is 0 Å². The van der Waals surface area contributed by atoms with Gasteiger partial charge in [0.2, 0.25) is 0 Å². The van der Waals surface area contributed by atoms with Crippen molar-refractivity contribution in [2.24, 2.45) is 4.99 Å². The van der Waals surface area contributed by atoms with Crippen molar-refractivity contribution in [2.45, 2.75) is 77.4 Å². The normalized spacial score (nSPS) is 20.7. The second-order valence-electron chi connectivity index (χ2n) is 7.61. The fraction of sp³-hybridized carbons (Fsp3) is 0.750. The summed E-state index contributed by atoms with van der Waals surface area (Å²) in [7, 11) is 1.85. The molecule has 6 heteroatoms. The van der Waals surface area contributed by atoms with E-state index in [1.54, 1.807) is 0 Å². The van der Waals surface area contributed by atoms with Crippen LogP contribution in [0.5, 0.6) is 0 Å². The van der Waals surface area contributed by atoms with Gasteiger partial charge in [0.05, 0.1) is 0 Å². The topological polar surface area (TPSA) is 52.8 Å². The van der Waals surface area contributed by atoms with E-state index in [2.05, 4.69) is 26.6 Å². The molecule has 1 aliphatic carbocycles. The fourth-order valence-electron chi connectivity index (χ4n) is 4.28. The standard InChI is InChI=1S/C20H34N4O.HI/c1-15-13-17(16(2)25-15)14-22-20(21-3)23-18-9-11-24(12-10-18)19-7-5-4-6-8-19;/h13,18-19H,4-12,14H2,1-3H3,(H2,21,22,23);1H. The molecular weight excluding hydrogens is 439 g/mol. The zero-order chi connectivity index (χ0) is 17.6. The summed E-state index contributed by atoms with van der Waals surface area (Å²) in [6.45, 7) is 7.20. The fourth-order valence-corrected chi connectivity index (χ4v) is 4.28. The van der Waals surface area contributed by atoms with Crippen LogP contribution in [0.2, 0.25) is 0 Å². The number of hydrogen-bond donors (Lipinski definition) is 2. The number of furan rings is 1. The first-order valence-electron chi connectivity index (χ1n) is 9.93. The number of nitrogens with one attached hydrogen (secondary N) is 2. The van der Waals surface area contributed by atoms with Crippen LogP contribution in [0.1, 0.15) is 62.0 Å². The maximum Gasteiger partial charge on any atom is 0.191 e. The molecule has 3 rings (SSSR count). The average Bonchev–Trinajstić information content (AvgIpc) is 2.97. The molecular formula is C20H35IN4O. The summed E-state index contributed by atoms with van der Waals surface area (Å²) in [6.07, 6.45) is 9.52. The van der Waals surface area contributed by atoms with Gasteiger partial charge in [-0.25, -0.2) is 0 Å². The third-order valence-electron chi connectivity index (χ3n) is 5.78. The van der Waals surface area contributed by atoms with E-state index in [-0.39, 0.29) is 24.0 Å². The van der Waals surface area contributed by atoms with Crippen LogP contribution in [-0.4, -0.2) is 43.1 Å². The average molecular weight is 474 g/mol. The quantitative estimate of drug-likeness (QED) is 0.394. The second kappa shape index (κ2) is 10.5. The van der Waals surface area contributed by atoms with Crippen molar-refractivity contribution in [1.82, 2.24) is 15.5 Å². The predicted molar refractivity (Wildman–Crippen MR) is 118 cm³/mol. The molecule has 148 valence electrons. The highest BCUT2D eigenvalue weighted by Crippen LogP contribution is 2.25. The molecule has 1 aliphatic heterocycles. The molecule has 2 aliphatic rings. The molecule has 1 saturated carbocycles. The molecule has 0 aromatic carbocycles. The summed E-state index contributed by atoms with van der Waals surface area (Å²) >= 11 is 0. The van der Waals surface area contributed by atoms with Crippen LogP contribution in [0.15, 0.2) is 15.5 Å². The van der Waals surface area contributed by atoms with Crippen LogP contribution in [0.4, 0.5) is 0 Å². The van der Waals surface area contributed by atoms with Gasteiger partial charge in [0, 0.05) is 44.3 Å². The monoisotopic (exact) mass is 474 g/mol. The van der Waals surface area contributed by atoms with Gasteiger partial charge >= 0.3 is 0 Å². The van der Waals surface area contributed by atoms with Crippen molar-refractivity contribution in [2.75, 3.05) is 20.1 Å². The Morgan fingerprint density at radius 2 is 1.85 bits per heavy atom. The molecule has 2 heterocycles. The van der Waals surface area contributed by atoms with Crippen molar-refractivity contribution < 1.29 is 4.42 Å². The van der Waals surface area contributed by atoms with Crippen molar-refractivity contribution >= 4 is 29.9 Å². The van der Waals surface area contributed by atoms with E-state index in [4.69, 9.17) is 4.42 Å². The molecule has 0 unspecified atom stereocenters. The van der Waals surface area contributed by atoms with E-state index >= 15 is 0 Å². The summed E-state index contributed by atoms with van der Waals surface area (Å²) in [5.41, 5.74) is 1.20. The van der Waals surface area contributed by atoms with Gasteiger partial charge in [-0.15, -0.1) is 24.0 Å². The second-order valence-corrected chi connectivity index (χ2v) is 7.61. The minimum absolute atomic E-state index is 0. The molecule has 1 saturated heterocycles. The van der Waals surface area contributed by atoms with Crippen LogP contribution in [0, 0.1) is 13.8 Å². The van der Waals surface area contributed by atoms with Crippen LogP contribution < -0.4 is 10.6 Å². The number of guanidine groups is 1. The van der Waals surface area contributed by atoms with E-state index in [1.807, 2.05) is 20.9 Å². The molecule has 26 heavy (non-hydrogen) atoms. The van der Waals surface area contributed by atoms with Gasteiger partial charge in [-0.05, 0) is 45.6 Å². The Balaban J connectivity index is 0.00000243. The maximum absolute atomic E-state index is 5.59. The third-order valence-corrected chi connectivity index (χ3v) is 5.78. The number of piperidine rings is 1. The zero-order valence-corrected chi connectivity index (χ0v) is 18.8. The lowest BCUT2D eigenvalue weighted by molar-refractivity contribution is 0.119. The first-order valence-corrected chi connectivity index (χ1v) is 9.93. The van der Waals surface area contributed by atoms with E-state index in [1.165, 1.54) is 63.6 Å². The number of hydrogen-bond acceptors (Lipinski definition) is 3. The minimum atomic E-state index is 0. The lowest BCUT2D eigenvalue weighted by Gasteiger charge is -2.39. The minimum Gasteiger partial charge on any atom is -0.466 e. The highest BCUT2D eigenvalue weighted by molar-refractivity contribution is 14.0. The predicted octanol–water partition coefficient (Wildman–Crippen LogP) is 3.98. The summed E-state index contributed by atoms with van der Waals surface area (Å²) < 4.78 is 5.59. The molecule has 2 N–H and O–H groups in total. The Hall–Kier alpha value is -0.760. The summed E-state index contributed by atoms with van der Waals surface area (Å²) in [6, 6.07) is 3.47. The van der Waals surface area contributed by atoms with Gasteiger partial charge in [0.15, 0.2) is 5.96 Å². The first kappa shape index (κ1) is 21.5. The van der Waals surface area contributed by atoms with Gasteiger partial charge in [0.1, 0.15) is 11.5 Å². The van der Waals surface area contributed by atoms with E-state index in [9.17, 15) is 0 Å². The largest absolute Gasteiger partial charge is 0.466 e. The van der Waals surface area contributed by atoms with Gasteiger partial charge in [0.25, 0.3) is 0 Å². The number of rotatable bonds is 4. The lowest BCUT2D eigenvalue weighted by atomic mass is 9.92. The summed E-state index contributed by atoms with van der Waals surface area (Å²) in [5.74, 6) is 2.85. The summed E-state index contributed by atoms with van der Waals surface area (Å²) in [4.78, 5) is 7.12. The zero-order valence-electron chi connectivity index (χ0n) is 16.5. The van der Waals surface area contributed by atoms with Crippen molar-refractivity contribution in [3.63, 3.8) is 0 Å². The molecule has 0 radical (unpaired) electrons.